The van der Waals surface area contributed by atoms with E-state index in [0.29, 0.717) is 0 Å². The molecule has 2 aromatic heterocycles. The molecule has 0 aromatic carbocycles. The summed E-state index contributed by atoms with van der Waals surface area (Å²) in [6, 6.07) is 0. The molecule has 0 aliphatic rings. The van der Waals surface area contributed by atoms with Crippen LogP contribution in [0.15, 0.2) is 15.5 Å². The smallest absolute Gasteiger partial charge is 0.342 e. The Kier molecular flexibility index (Phi) is 4.30. The van der Waals surface area contributed by atoms with E-state index in [4.69, 9.17) is 9.15 Å². The fourth-order valence-electron chi connectivity index (χ4n) is 1.99. The predicted octanol–water partition coefficient (Wildman–Crippen LogP) is 0.563. The molecule has 8 heteroatoms. The molecule has 0 bridgehead atoms. The van der Waals surface area contributed by atoms with Crippen molar-refractivity contribution in [3.05, 3.63) is 28.0 Å². The first kappa shape index (κ1) is 15.7. The van der Waals surface area contributed by atoms with Crippen molar-refractivity contribution in [2.75, 3.05) is 20.7 Å². The maximum Gasteiger partial charge on any atom is 0.342 e. The van der Waals surface area contributed by atoms with Gasteiger partial charge in [-0.05, 0) is 13.8 Å². The minimum Gasteiger partial charge on any atom is -0.462 e. The van der Waals surface area contributed by atoms with E-state index in [-0.39, 0.29) is 41.5 Å². The van der Waals surface area contributed by atoms with Crippen LogP contribution in [0, 0.1) is 6.92 Å². The molecule has 0 aliphatic heterocycles. The molecular weight excluding hydrogens is 290 g/mol. The van der Waals surface area contributed by atoms with Gasteiger partial charge >= 0.3 is 5.97 Å². The van der Waals surface area contributed by atoms with Gasteiger partial charge in [-0.2, -0.15) is 0 Å². The number of aromatic nitrogens is 2. The number of aryl methyl sites for hydroxylation is 1. The Bertz CT molecular complexity index is 788. The summed E-state index contributed by atoms with van der Waals surface area (Å²) in [5, 5.41) is 0.0324. The first-order valence-electron chi connectivity index (χ1n) is 6.72. The quantitative estimate of drug-likeness (QED) is 0.766. The van der Waals surface area contributed by atoms with E-state index in [1.165, 1.54) is 11.2 Å². The third kappa shape index (κ3) is 2.72. The zero-order valence-electron chi connectivity index (χ0n) is 12.9. The largest absolute Gasteiger partial charge is 0.462 e. The molecule has 0 saturated carbocycles. The Morgan fingerprint density at radius 2 is 2.09 bits per heavy atom. The topological polar surface area (TPSA) is 94.6 Å². The number of carbonyl (C=O) groups is 2. The number of nitrogens with zero attached hydrogens (tertiary/aromatic N) is 3. The molecule has 0 unspecified atom stereocenters. The van der Waals surface area contributed by atoms with Crippen LogP contribution in [-0.2, 0) is 16.1 Å². The van der Waals surface area contributed by atoms with Crippen molar-refractivity contribution >= 4 is 23.0 Å². The fourth-order valence-corrected chi connectivity index (χ4v) is 1.99. The number of hydrogen-bond donors (Lipinski definition) is 0. The van der Waals surface area contributed by atoms with Gasteiger partial charge in [-0.3, -0.25) is 14.2 Å². The van der Waals surface area contributed by atoms with Gasteiger partial charge in [-0.1, -0.05) is 0 Å². The van der Waals surface area contributed by atoms with Crippen molar-refractivity contribution in [1.82, 2.24) is 14.5 Å². The summed E-state index contributed by atoms with van der Waals surface area (Å²) in [4.78, 5) is 41.6. The molecule has 2 heterocycles. The molecular formula is C14H17N3O5. The van der Waals surface area contributed by atoms with Gasteiger partial charge < -0.3 is 14.1 Å². The zero-order chi connectivity index (χ0) is 16.4. The standard InChI is InChI=1S/C14H17N3O5/c1-5-21-14(20)10-8(2)22-12-11(10)13(19)17(7-15-12)6-9(18)16(3)4/h7H,5-6H2,1-4H3. The highest BCUT2D eigenvalue weighted by Gasteiger charge is 2.24. The molecule has 0 saturated heterocycles. The van der Waals surface area contributed by atoms with Crippen LogP contribution < -0.4 is 5.56 Å². The summed E-state index contributed by atoms with van der Waals surface area (Å²) in [5.41, 5.74) is -0.403. The summed E-state index contributed by atoms with van der Waals surface area (Å²) < 4.78 is 11.4. The third-order valence-corrected chi connectivity index (χ3v) is 3.14. The van der Waals surface area contributed by atoms with E-state index in [1.54, 1.807) is 27.9 Å². The number of esters is 1. The van der Waals surface area contributed by atoms with Crippen LogP contribution in [0.3, 0.4) is 0 Å². The molecule has 2 rings (SSSR count). The highest BCUT2D eigenvalue weighted by molar-refractivity contribution is 6.03. The summed E-state index contributed by atoms with van der Waals surface area (Å²) in [6.45, 7) is 3.24. The van der Waals surface area contributed by atoms with Crippen molar-refractivity contribution in [2.45, 2.75) is 20.4 Å². The van der Waals surface area contributed by atoms with Crippen molar-refractivity contribution in [3.8, 4) is 0 Å². The van der Waals surface area contributed by atoms with Gasteiger partial charge in [-0.15, -0.1) is 0 Å². The van der Waals surface area contributed by atoms with Gasteiger partial charge in [0.1, 0.15) is 29.6 Å². The van der Waals surface area contributed by atoms with Gasteiger partial charge in [0.15, 0.2) is 0 Å². The Morgan fingerprint density at radius 3 is 2.68 bits per heavy atom. The first-order chi connectivity index (χ1) is 10.4. The number of furan rings is 1. The van der Waals surface area contributed by atoms with E-state index >= 15 is 0 Å². The molecule has 0 spiro atoms. The minimum atomic E-state index is -0.644. The maximum atomic E-state index is 12.5. The molecule has 0 atom stereocenters. The van der Waals surface area contributed by atoms with E-state index in [0.717, 1.165) is 4.57 Å². The highest BCUT2D eigenvalue weighted by atomic mass is 16.5. The normalized spacial score (nSPS) is 10.7. The van der Waals surface area contributed by atoms with Crippen LogP contribution in [0.1, 0.15) is 23.0 Å². The summed E-state index contributed by atoms with van der Waals surface area (Å²) in [7, 11) is 3.18. The van der Waals surface area contributed by atoms with Gasteiger partial charge in [0.25, 0.3) is 5.56 Å². The minimum absolute atomic E-state index is 0.0324. The number of ether oxygens (including phenoxy) is 1. The van der Waals surface area contributed by atoms with E-state index < -0.39 is 11.5 Å². The average Bonchev–Trinajstić information content (AvgIpc) is 2.79. The first-order valence-corrected chi connectivity index (χ1v) is 6.72. The summed E-state index contributed by atoms with van der Waals surface area (Å²) in [6.07, 6.45) is 1.23. The zero-order valence-corrected chi connectivity index (χ0v) is 12.9. The SMILES string of the molecule is CCOC(=O)c1c(C)oc2ncn(CC(=O)N(C)C)c(=O)c12. The van der Waals surface area contributed by atoms with Crippen LogP contribution in [0.5, 0.6) is 0 Å². The summed E-state index contributed by atoms with van der Waals surface area (Å²) >= 11 is 0. The van der Waals surface area contributed by atoms with Crippen molar-refractivity contribution < 1.29 is 18.7 Å². The second kappa shape index (κ2) is 6.00. The third-order valence-electron chi connectivity index (χ3n) is 3.14. The van der Waals surface area contributed by atoms with Crippen molar-refractivity contribution in [1.29, 1.82) is 0 Å². The number of fused-ring (bicyclic) bond motifs is 1. The molecule has 1 amide bonds. The summed E-state index contributed by atoms with van der Waals surface area (Å²) in [5.74, 6) is -0.648. The number of carbonyl (C=O) groups excluding carboxylic acids is 2. The lowest BCUT2D eigenvalue weighted by Crippen LogP contribution is -2.32. The monoisotopic (exact) mass is 307 g/mol. The molecule has 0 N–H and O–H groups in total. The average molecular weight is 307 g/mol. The predicted molar refractivity (Wildman–Crippen MR) is 77.7 cm³/mol. The van der Waals surface area contributed by atoms with Gasteiger partial charge in [0.05, 0.1) is 6.61 Å². The van der Waals surface area contributed by atoms with E-state index in [2.05, 4.69) is 4.98 Å². The lowest BCUT2D eigenvalue weighted by atomic mass is 10.2. The highest BCUT2D eigenvalue weighted by Crippen LogP contribution is 2.21. The molecule has 22 heavy (non-hydrogen) atoms. The van der Waals surface area contributed by atoms with Crippen LogP contribution in [0.2, 0.25) is 0 Å². The van der Waals surface area contributed by atoms with Crippen molar-refractivity contribution in [2.24, 2.45) is 0 Å². The van der Waals surface area contributed by atoms with E-state index in [9.17, 15) is 14.4 Å². The van der Waals surface area contributed by atoms with Gasteiger partial charge in [0, 0.05) is 14.1 Å². The number of likely N-dealkylation sites (N-methyl/N-ethyl adjacent to an activating group) is 1. The number of amides is 1. The van der Waals surface area contributed by atoms with Crippen LogP contribution in [0.4, 0.5) is 0 Å². The Hall–Kier alpha value is -2.64. The second-order valence-electron chi connectivity index (χ2n) is 4.90. The number of hydrogen-bond acceptors (Lipinski definition) is 6. The molecule has 0 aliphatic carbocycles. The fraction of sp³-hybridized carbons (Fsp3) is 0.429. The Labute approximate surface area is 126 Å². The van der Waals surface area contributed by atoms with Crippen LogP contribution in [-0.4, -0.2) is 47.0 Å². The number of rotatable bonds is 4. The van der Waals surface area contributed by atoms with Crippen LogP contribution in [0.25, 0.3) is 11.1 Å². The molecule has 118 valence electrons. The Morgan fingerprint density at radius 1 is 1.41 bits per heavy atom. The second-order valence-corrected chi connectivity index (χ2v) is 4.90. The molecule has 0 fully saturated rings. The van der Waals surface area contributed by atoms with Gasteiger partial charge in [0.2, 0.25) is 11.6 Å². The molecule has 0 radical (unpaired) electrons. The lowest BCUT2D eigenvalue weighted by molar-refractivity contribution is -0.129. The maximum absolute atomic E-state index is 12.5. The molecule has 2 aromatic rings. The van der Waals surface area contributed by atoms with Crippen molar-refractivity contribution in [3.63, 3.8) is 0 Å². The van der Waals surface area contributed by atoms with E-state index in [1.807, 2.05) is 0 Å². The lowest BCUT2D eigenvalue weighted by Gasteiger charge is -2.11. The van der Waals surface area contributed by atoms with Crippen LogP contribution >= 0.6 is 0 Å². The molecule has 8 nitrogen and oxygen atoms in total. The van der Waals surface area contributed by atoms with Gasteiger partial charge in [-0.25, -0.2) is 9.78 Å². The Balaban J connectivity index is 2.59.